The first-order chi connectivity index (χ1) is 10.5. The molecule has 1 aromatic carbocycles. The number of amides is 2. The van der Waals surface area contributed by atoms with Crippen LogP contribution in [0.25, 0.3) is 0 Å². The van der Waals surface area contributed by atoms with Crippen molar-refractivity contribution in [1.29, 1.82) is 0 Å². The lowest BCUT2D eigenvalue weighted by atomic mass is 10.1. The first kappa shape index (κ1) is 16.6. The van der Waals surface area contributed by atoms with Gasteiger partial charge in [0.1, 0.15) is 0 Å². The number of carbonyl (C=O) groups is 1. The molecule has 0 radical (unpaired) electrons. The standard InChI is InChI=1S/C15H18Cl2N4O/c1-10(11-3-4-13(16)14(17)9-11)20-15(22)18-7-5-12-6-8-19-21(12)2/h3-4,6,8-10H,5,7H2,1-2H3,(H2,18,20,22)/t10-/m1/s1. The minimum atomic E-state index is -0.222. The van der Waals surface area contributed by atoms with Crippen LogP contribution in [0.1, 0.15) is 24.2 Å². The van der Waals surface area contributed by atoms with Crippen LogP contribution in [0.2, 0.25) is 10.0 Å². The van der Waals surface area contributed by atoms with E-state index in [-0.39, 0.29) is 12.1 Å². The number of nitrogens with one attached hydrogen (secondary N) is 2. The van der Waals surface area contributed by atoms with Crippen LogP contribution in [0.5, 0.6) is 0 Å². The van der Waals surface area contributed by atoms with E-state index in [0.29, 0.717) is 16.6 Å². The zero-order valence-electron chi connectivity index (χ0n) is 12.4. The normalized spacial score (nSPS) is 12.0. The molecule has 0 spiro atoms. The Labute approximate surface area is 139 Å². The highest BCUT2D eigenvalue weighted by Crippen LogP contribution is 2.25. The highest BCUT2D eigenvalue weighted by Gasteiger charge is 2.10. The summed E-state index contributed by atoms with van der Waals surface area (Å²) < 4.78 is 1.79. The molecule has 0 fully saturated rings. The van der Waals surface area contributed by atoms with Crippen molar-refractivity contribution in [3.05, 3.63) is 51.8 Å². The molecule has 0 aliphatic heterocycles. The highest BCUT2D eigenvalue weighted by molar-refractivity contribution is 6.42. The zero-order valence-corrected chi connectivity index (χ0v) is 13.9. The first-order valence-electron chi connectivity index (χ1n) is 6.93. The number of halogens is 2. The molecule has 2 N–H and O–H groups in total. The van der Waals surface area contributed by atoms with E-state index in [9.17, 15) is 4.79 Å². The van der Waals surface area contributed by atoms with Gasteiger partial charge in [-0.1, -0.05) is 29.3 Å². The molecule has 0 bridgehead atoms. The lowest BCUT2D eigenvalue weighted by molar-refractivity contribution is 0.238. The Hall–Kier alpha value is -1.72. The number of benzene rings is 1. The second-order valence-corrected chi connectivity index (χ2v) is 5.81. The predicted octanol–water partition coefficient (Wildman–Crippen LogP) is 3.33. The Morgan fingerprint density at radius 1 is 1.32 bits per heavy atom. The number of urea groups is 1. The van der Waals surface area contributed by atoms with E-state index >= 15 is 0 Å². The monoisotopic (exact) mass is 340 g/mol. The van der Waals surface area contributed by atoms with Gasteiger partial charge in [0, 0.05) is 31.9 Å². The van der Waals surface area contributed by atoms with Crippen molar-refractivity contribution in [3.8, 4) is 0 Å². The first-order valence-corrected chi connectivity index (χ1v) is 7.69. The van der Waals surface area contributed by atoms with Crippen molar-refractivity contribution >= 4 is 29.2 Å². The number of rotatable bonds is 5. The van der Waals surface area contributed by atoms with Crippen molar-refractivity contribution in [2.45, 2.75) is 19.4 Å². The van der Waals surface area contributed by atoms with Gasteiger partial charge in [-0.3, -0.25) is 4.68 Å². The Bertz CT molecular complexity index is 657. The smallest absolute Gasteiger partial charge is 0.315 e. The third kappa shape index (κ3) is 4.39. The van der Waals surface area contributed by atoms with Gasteiger partial charge in [0.05, 0.1) is 16.1 Å². The molecule has 22 heavy (non-hydrogen) atoms. The largest absolute Gasteiger partial charge is 0.338 e. The summed E-state index contributed by atoms with van der Waals surface area (Å²) in [7, 11) is 1.88. The van der Waals surface area contributed by atoms with Crippen molar-refractivity contribution in [2.24, 2.45) is 7.05 Å². The number of hydrogen-bond acceptors (Lipinski definition) is 2. The molecule has 1 heterocycles. The third-order valence-electron chi connectivity index (χ3n) is 3.38. The molecule has 0 unspecified atom stereocenters. The molecule has 0 aliphatic rings. The molecule has 1 atom stereocenters. The summed E-state index contributed by atoms with van der Waals surface area (Å²) in [6.45, 7) is 2.43. The fourth-order valence-electron chi connectivity index (χ4n) is 2.06. The van der Waals surface area contributed by atoms with Crippen LogP contribution in [0.3, 0.4) is 0 Å². The number of aromatic nitrogens is 2. The Morgan fingerprint density at radius 2 is 2.09 bits per heavy atom. The maximum atomic E-state index is 11.9. The van der Waals surface area contributed by atoms with Crippen molar-refractivity contribution in [3.63, 3.8) is 0 Å². The van der Waals surface area contributed by atoms with Gasteiger partial charge in [-0.25, -0.2) is 4.79 Å². The quantitative estimate of drug-likeness (QED) is 0.876. The van der Waals surface area contributed by atoms with Crippen LogP contribution in [0.4, 0.5) is 4.79 Å². The van der Waals surface area contributed by atoms with Crippen molar-refractivity contribution < 1.29 is 4.79 Å². The van der Waals surface area contributed by atoms with Gasteiger partial charge >= 0.3 is 6.03 Å². The zero-order chi connectivity index (χ0) is 16.1. The molecule has 2 aromatic rings. The second kappa shape index (κ2) is 7.51. The SMILES string of the molecule is C[C@@H](NC(=O)NCCc1ccnn1C)c1ccc(Cl)c(Cl)c1. The minimum Gasteiger partial charge on any atom is -0.338 e. The lowest BCUT2D eigenvalue weighted by Crippen LogP contribution is -2.38. The highest BCUT2D eigenvalue weighted by atomic mass is 35.5. The maximum Gasteiger partial charge on any atom is 0.315 e. The fourth-order valence-corrected chi connectivity index (χ4v) is 2.37. The van der Waals surface area contributed by atoms with E-state index < -0.39 is 0 Å². The molecule has 5 nitrogen and oxygen atoms in total. The average molecular weight is 341 g/mol. The molecule has 2 amide bonds. The molecule has 0 aliphatic carbocycles. The summed E-state index contributed by atoms with van der Waals surface area (Å²) >= 11 is 11.9. The molecule has 0 saturated heterocycles. The maximum absolute atomic E-state index is 11.9. The van der Waals surface area contributed by atoms with Crippen molar-refractivity contribution in [2.75, 3.05) is 6.54 Å². The molecular formula is C15H18Cl2N4O. The predicted molar refractivity (Wildman–Crippen MR) is 88.3 cm³/mol. The fraction of sp³-hybridized carbons (Fsp3) is 0.333. The summed E-state index contributed by atoms with van der Waals surface area (Å²) in [5.41, 5.74) is 1.97. The Morgan fingerprint density at radius 3 is 2.73 bits per heavy atom. The van der Waals surface area contributed by atoms with Gasteiger partial charge < -0.3 is 10.6 Å². The van der Waals surface area contributed by atoms with E-state index in [1.807, 2.05) is 26.1 Å². The van der Waals surface area contributed by atoms with Crippen LogP contribution in [-0.2, 0) is 13.5 Å². The van der Waals surface area contributed by atoms with E-state index in [4.69, 9.17) is 23.2 Å². The molecule has 7 heteroatoms. The Balaban J connectivity index is 1.81. The average Bonchev–Trinajstić information content (AvgIpc) is 2.87. The number of carbonyl (C=O) groups excluding carboxylic acids is 1. The van der Waals surface area contributed by atoms with Crippen LogP contribution < -0.4 is 10.6 Å². The number of nitrogens with zero attached hydrogens (tertiary/aromatic N) is 2. The summed E-state index contributed by atoms with van der Waals surface area (Å²) in [6.07, 6.45) is 2.47. The molecule has 1 aromatic heterocycles. The minimum absolute atomic E-state index is 0.161. The molecule has 118 valence electrons. The van der Waals surface area contributed by atoms with Crippen molar-refractivity contribution in [1.82, 2.24) is 20.4 Å². The summed E-state index contributed by atoms with van der Waals surface area (Å²) in [5, 5.41) is 10.7. The van der Waals surface area contributed by atoms with E-state index in [0.717, 1.165) is 17.7 Å². The van der Waals surface area contributed by atoms with Gasteiger partial charge in [-0.05, 0) is 30.7 Å². The summed E-state index contributed by atoms with van der Waals surface area (Å²) in [4.78, 5) is 11.9. The summed E-state index contributed by atoms with van der Waals surface area (Å²) in [5.74, 6) is 0. The van der Waals surface area contributed by atoms with Crippen LogP contribution in [-0.4, -0.2) is 22.4 Å². The van der Waals surface area contributed by atoms with E-state index in [2.05, 4.69) is 15.7 Å². The van der Waals surface area contributed by atoms with Crippen LogP contribution in [0.15, 0.2) is 30.5 Å². The van der Waals surface area contributed by atoms with Gasteiger partial charge in [0.2, 0.25) is 0 Å². The molecule has 2 rings (SSSR count). The van der Waals surface area contributed by atoms with E-state index in [1.165, 1.54) is 0 Å². The van der Waals surface area contributed by atoms with E-state index in [1.54, 1.807) is 23.0 Å². The number of hydrogen-bond donors (Lipinski definition) is 2. The lowest BCUT2D eigenvalue weighted by Gasteiger charge is -2.15. The second-order valence-electron chi connectivity index (χ2n) is 4.99. The molecular weight excluding hydrogens is 323 g/mol. The van der Waals surface area contributed by atoms with Crippen LogP contribution >= 0.6 is 23.2 Å². The third-order valence-corrected chi connectivity index (χ3v) is 4.12. The van der Waals surface area contributed by atoms with Gasteiger partial charge in [0.15, 0.2) is 0 Å². The Kier molecular flexibility index (Phi) is 5.69. The van der Waals surface area contributed by atoms with Gasteiger partial charge in [-0.2, -0.15) is 5.10 Å². The summed E-state index contributed by atoms with van der Waals surface area (Å²) in [6, 6.07) is 6.86. The topological polar surface area (TPSA) is 59.0 Å². The molecule has 0 saturated carbocycles. The van der Waals surface area contributed by atoms with Gasteiger partial charge in [0.25, 0.3) is 0 Å². The number of aryl methyl sites for hydroxylation is 1. The van der Waals surface area contributed by atoms with Crippen LogP contribution in [0, 0.1) is 0 Å². The van der Waals surface area contributed by atoms with Gasteiger partial charge in [-0.15, -0.1) is 0 Å².